The van der Waals surface area contributed by atoms with E-state index >= 15 is 0 Å². The quantitative estimate of drug-likeness (QED) is 0.440. The van der Waals surface area contributed by atoms with Crippen molar-refractivity contribution in [3.63, 3.8) is 0 Å². The fourth-order valence-corrected chi connectivity index (χ4v) is 6.05. The first-order chi connectivity index (χ1) is 18.1. The van der Waals surface area contributed by atoms with Gasteiger partial charge in [0.15, 0.2) is 0 Å². The number of hydrogen-bond donors (Lipinski definition) is 3. The number of benzene rings is 1. The zero-order valence-corrected chi connectivity index (χ0v) is 24.4. The van der Waals surface area contributed by atoms with Gasteiger partial charge in [-0.25, -0.2) is 14.0 Å². The molecule has 9 nitrogen and oxygen atoms in total. The Morgan fingerprint density at radius 1 is 1.08 bits per heavy atom. The lowest BCUT2D eigenvalue weighted by Crippen LogP contribution is -2.56. The summed E-state index contributed by atoms with van der Waals surface area (Å²) >= 11 is 0. The van der Waals surface area contributed by atoms with E-state index in [1.54, 1.807) is 0 Å². The molecule has 0 atom stereocenters. The largest absolute Gasteiger partial charge is 0.473 e. The number of carboxylic acids is 2. The van der Waals surface area contributed by atoms with Gasteiger partial charge in [-0.2, -0.15) is 0 Å². The highest BCUT2D eigenvalue weighted by Crippen LogP contribution is 2.29. The summed E-state index contributed by atoms with van der Waals surface area (Å²) in [5.41, 5.74) is 3.55. The molecule has 3 N–H and O–H groups in total. The van der Waals surface area contributed by atoms with Crippen LogP contribution in [-0.2, 0) is 38.8 Å². The average molecular weight is 566 g/mol. The second-order valence-corrected chi connectivity index (χ2v) is 12.8. The van der Waals surface area contributed by atoms with E-state index < -0.39 is 22.7 Å². The van der Waals surface area contributed by atoms with E-state index in [0.29, 0.717) is 23.6 Å². The molecule has 39 heavy (non-hydrogen) atoms. The van der Waals surface area contributed by atoms with Crippen LogP contribution in [0.25, 0.3) is 0 Å². The Kier molecular flexibility index (Phi) is 11.0. The molecule has 2 heterocycles. The highest BCUT2D eigenvalue weighted by atomic mass is 32.2. The molecule has 1 aliphatic rings. The Hall–Kier alpha value is -3.05. The van der Waals surface area contributed by atoms with Crippen LogP contribution in [-0.4, -0.2) is 79.4 Å². The Bertz CT molecular complexity index is 1180. The van der Waals surface area contributed by atoms with Gasteiger partial charge in [0.2, 0.25) is 0 Å². The third kappa shape index (κ3) is 8.72. The molecule has 0 radical (unpaired) electrons. The van der Waals surface area contributed by atoms with Crippen molar-refractivity contribution >= 4 is 28.6 Å². The van der Waals surface area contributed by atoms with Crippen LogP contribution in [0.4, 0.5) is 4.39 Å². The number of halogens is 1. The SMILES string of the molecule is Cc1c(C(=O)NCC2(N(C)C)CCS(=O)CC2)cc(C(C)(C)C)n1CCc1ccc(F)cc1.O=C(O)C(=O)O. The number of carbonyl (C=O) groups excluding carboxylic acids is 1. The summed E-state index contributed by atoms with van der Waals surface area (Å²) in [5, 5.41) is 18.0. The number of carboxylic acid groups (broad SMARTS) is 2. The Balaban J connectivity index is 0.000000798. The first kappa shape index (κ1) is 32.2. The average Bonchev–Trinajstić information content (AvgIpc) is 3.20. The number of aromatic nitrogens is 1. The lowest BCUT2D eigenvalue weighted by atomic mass is 9.90. The molecule has 1 aromatic carbocycles. The lowest BCUT2D eigenvalue weighted by Gasteiger charge is -2.42. The summed E-state index contributed by atoms with van der Waals surface area (Å²) in [5.74, 6) is -2.58. The minimum atomic E-state index is -1.82. The number of nitrogens with one attached hydrogen (secondary N) is 1. The van der Waals surface area contributed by atoms with Gasteiger partial charge in [0.25, 0.3) is 5.91 Å². The monoisotopic (exact) mass is 565 g/mol. The third-order valence-corrected chi connectivity index (χ3v) is 8.54. The molecule has 0 spiro atoms. The molecule has 11 heteroatoms. The molecule has 216 valence electrons. The number of amides is 1. The smallest absolute Gasteiger partial charge is 0.414 e. The Morgan fingerprint density at radius 2 is 1.62 bits per heavy atom. The minimum Gasteiger partial charge on any atom is -0.473 e. The predicted octanol–water partition coefficient (Wildman–Crippen LogP) is 3.20. The molecule has 3 rings (SSSR count). The number of carbonyl (C=O) groups is 3. The molecule has 1 saturated heterocycles. The molecular weight excluding hydrogens is 525 g/mol. The molecule has 0 aliphatic carbocycles. The first-order valence-electron chi connectivity index (χ1n) is 12.8. The molecule has 1 aromatic heterocycles. The zero-order chi connectivity index (χ0) is 29.5. The van der Waals surface area contributed by atoms with Crippen LogP contribution in [0.3, 0.4) is 0 Å². The molecule has 1 fully saturated rings. The van der Waals surface area contributed by atoms with Gasteiger partial charge < -0.3 is 25.0 Å². The Morgan fingerprint density at radius 3 is 2.08 bits per heavy atom. The van der Waals surface area contributed by atoms with Gasteiger partial charge >= 0.3 is 11.9 Å². The Labute approximate surface area is 231 Å². The maximum atomic E-state index is 13.3. The van der Waals surface area contributed by atoms with Crippen LogP contribution in [0.1, 0.15) is 60.9 Å². The number of nitrogens with zero attached hydrogens (tertiary/aromatic N) is 2. The molecule has 1 amide bonds. The van der Waals surface area contributed by atoms with Gasteiger partial charge in [-0.1, -0.05) is 32.9 Å². The van der Waals surface area contributed by atoms with Gasteiger partial charge in [0.05, 0.1) is 5.56 Å². The number of rotatable bonds is 7. The number of hydrogen-bond acceptors (Lipinski definition) is 5. The van der Waals surface area contributed by atoms with E-state index in [0.717, 1.165) is 42.8 Å². The van der Waals surface area contributed by atoms with Crippen molar-refractivity contribution in [2.75, 3.05) is 32.1 Å². The fourth-order valence-electron chi connectivity index (χ4n) is 4.63. The van der Waals surface area contributed by atoms with Crippen LogP contribution in [0.2, 0.25) is 0 Å². The number of aryl methyl sites for hydroxylation is 1. The van der Waals surface area contributed by atoms with Gasteiger partial charge in [0, 0.05) is 57.7 Å². The number of aliphatic carboxylic acids is 2. The topological polar surface area (TPSA) is 129 Å². The van der Waals surface area contributed by atoms with Crippen LogP contribution >= 0.6 is 0 Å². The minimum absolute atomic E-state index is 0.0635. The number of likely N-dealkylation sites (N-methyl/N-ethyl adjacent to an activating group) is 1. The molecule has 2 aromatic rings. The van der Waals surface area contributed by atoms with E-state index in [9.17, 15) is 13.4 Å². The summed E-state index contributed by atoms with van der Waals surface area (Å²) in [6.07, 6.45) is 2.40. The standard InChI is InChI=1S/C26H38FN3O2S.C2H2O4/c1-19-22(24(31)28-18-26(29(5)6)12-15-33(32)16-13-26)17-23(25(2,3)4)30(19)14-11-20-7-9-21(27)10-8-20;3-1(4)2(5)6/h7-10,17H,11-16,18H2,1-6H3,(H,28,31);(H,3,4)(H,5,6). The highest BCUT2D eigenvalue weighted by Gasteiger charge is 2.37. The van der Waals surface area contributed by atoms with Crippen molar-refractivity contribution in [1.82, 2.24) is 14.8 Å². The molecule has 1 aliphatic heterocycles. The van der Waals surface area contributed by atoms with E-state index in [1.807, 2.05) is 39.2 Å². The summed E-state index contributed by atoms with van der Waals surface area (Å²) < 4.78 is 27.4. The lowest BCUT2D eigenvalue weighted by molar-refractivity contribution is -0.159. The van der Waals surface area contributed by atoms with Crippen molar-refractivity contribution in [3.05, 3.63) is 58.7 Å². The van der Waals surface area contributed by atoms with E-state index in [-0.39, 0.29) is 22.7 Å². The van der Waals surface area contributed by atoms with Crippen LogP contribution in [0.5, 0.6) is 0 Å². The van der Waals surface area contributed by atoms with Gasteiger partial charge in [0.1, 0.15) is 5.82 Å². The van der Waals surface area contributed by atoms with Gasteiger partial charge in [-0.3, -0.25) is 9.00 Å². The van der Waals surface area contributed by atoms with E-state index in [2.05, 4.69) is 35.6 Å². The third-order valence-electron chi connectivity index (χ3n) is 7.22. The fraction of sp³-hybridized carbons (Fsp3) is 0.536. The molecule has 0 bridgehead atoms. The highest BCUT2D eigenvalue weighted by molar-refractivity contribution is 7.85. The molecular formula is C28H40FN3O6S. The van der Waals surface area contributed by atoms with Crippen molar-refractivity contribution in [2.45, 2.75) is 64.5 Å². The molecule has 0 unspecified atom stereocenters. The maximum absolute atomic E-state index is 13.3. The summed E-state index contributed by atoms with van der Waals surface area (Å²) in [6, 6.07) is 8.63. The second-order valence-electron chi connectivity index (χ2n) is 11.1. The summed E-state index contributed by atoms with van der Waals surface area (Å²) in [7, 11) is 3.32. The van der Waals surface area contributed by atoms with Crippen LogP contribution in [0.15, 0.2) is 30.3 Å². The van der Waals surface area contributed by atoms with Crippen LogP contribution in [0, 0.1) is 12.7 Å². The van der Waals surface area contributed by atoms with Crippen molar-refractivity contribution < 1.29 is 33.2 Å². The molecule has 0 saturated carbocycles. The van der Waals surface area contributed by atoms with Gasteiger partial charge in [-0.15, -0.1) is 0 Å². The first-order valence-corrected chi connectivity index (χ1v) is 14.3. The van der Waals surface area contributed by atoms with Crippen molar-refractivity contribution in [3.8, 4) is 0 Å². The normalized spacial score (nSPS) is 19.2. The zero-order valence-electron chi connectivity index (χ0n) is 23.5. The van der Waals surface area contributed by atoms with Crippen molar-refractivity contribution in [1.29, 1.82) is 0 Å². The summed E-state index contributed by atoms with van der Waals surface area (Å²) in [6.45, 7) is 9.73. The maximum Gasteiger partial charge on any atom is 0.414 e. The van der Waals surface area contributed by atoms with Gasteiger partial charge in [-0.05, 0) is 64.0 Å². The van der Waals surface area contributed by atoms with Crippen LogP contribution < -0.4 is 5.32 Å². The second kappa shape index (κ2) is 13.3. The van der Waals surface area contributed by atoms with E-state index in [1.165, 1.54) is 12.1 Å². The summed E-state index contributed by atoms with van der Waals surface area (Å²) in [4.78, 5) is 33.7. The predicted molar refractivity (Wildman–Crippen MR) is 149 cm³/mol. The van der Waals surface area contributed by atoms with E-state index in [4.69, 9.17) is 19.8 Å². The van der Waals surface area contributed by atoms with Crippen molar-refractivity contribution in [2.24, 2.45) is 0 Å².